The predicted molar refractivity (Wildman–Crippen MR) is 73.4 cm³/mol. The van der Waals surface area contributed by atoms with Gasteiger partial charge in [-0.2, -0.15) is 0 Å². The highest BCUT2D eigenvalue weighted by atomic mass is 16.3. The molecule has 3 unspecified atom stereocenters. The van der Waals surface area contributed by atoms with Crippen LogP contribution in [0.1, 0.15) is 52.9 Å². The van der Waals surface area contributed by atoms with E-state index in [2.05, 4.69) is 17.1 Å². The summed E-state index contributed by atoms with van der Waals surface area (Å²) in [5.74, 6) is 0.139. The second-order valence-corrected chi connectivity index (χ2v) is 5.39. The predicted octanol–water partition coefficient (Wildman–Crippen LogP) is 1.53. The molecule has 0 saturated carbocycles. The molecule has 0 aromatic rings. The third kappa shape index (κ3) is 4.25. The van der Waals surface area contributed by atoms with Crippen LogP contribution in [0.3, 0.4) is 0 Å². The van der Waals surface area contributed by atoms with Gasteiger partial charge in [-0.3, -0.25) is 9.69 Å². The van der Waals surface area contributed by atoms with E-state index in [1.807, 2.05) is 13.8 Å². The first kappa shape index (κ1) is 15.4. The van der Waals surface area contributed by atoms with Gasteiger partial charge in [0.15, 0.2) is 0 Å². The second kappa shape index (κ2) is 7.74. The van der Waals surface area contributed by atoms with E-state index >= 15 is 0 Å². The number of aliphatic hydroxyl groups excluding tert-OH is 1. The Balaban J connectivity index is 2.48. The number of rotatable bonds is 7. The second-order valence-electron chi connectivity index (χ2n) is 5.39. The van der Waals surface area contributed by atoms with Crippen LogP contribution in [0.5, 0.6) is 0 Å². The fourth-order valence-corrected chi connectivity index (χ4v) is 2.62. The van der Waals surface area contributed by atoms with Crippen LogP contribution >= 0.6 is 0 Å². The number of amides is 1. The molecule has 18 heavy (non-hydrogen) atoms. The Hall–Kier alpha value is -0.610. The first-order valence-corrected chi connectivity index (χ1v) is 7.27. The summed E-state index contributed by atoms with van der Waals surface area (Å²) in [7, 11) is 0. The number of hydrogen-bond donors (Lipinski definition) is 2. The molecule has 1 amide bonds. The lowest BCUT2D eigenvalue weighted by Gasteiger charge is -2.30. The Kier molecular flexibility index (Phi) is 6.65. The molecule has 106 valence electrons. The minimum atomic E-state index is -0.0507. The van der Waals surface area contributed by atoms with Gasteiger partial charge in [0, 0.05) is 18.7 Å². The van der Waals surface area contributed by atoms with Gasteiger partial charge in [0.25, 0.3) is 0 Å². The molecular formula is C14H28N2O2. The Morgan fingerprint density at radius 2 is 2.22 bits per heavy atom. The van der Waals surface area contributed by atoms with Crippen LogP contribution in [-0.4, -0.2) is 47.2 Å². The minimum Gasteiger partial charge on any atom is -0.396 e. The van der Waals surface area contributed by atoms with Crippen molar-refractivity contribution in [2.45, 2.75) is 71.0 Å². The van der Waals surface area contributed by atoms with Crippen molar-refractivity contribution in [1.29, 1.82) is 0 Å². The molecule has 0 radical (unpaired) electrons. The standard InChI is InChI=1S/C14H28N2O2/c1-4-11(2)15-14(18)12(3)16-9-5-7-13(16)8-6-10-17/h11-13,17H,4-10H2,1-3H3,(H,15,18). The van der Waals surface area contributed by atoms with Crippen molar-refractivity contribution < 1.29 is 9.90 Å². The van der Waals surface area contributed by atoms with Crippen LogP contribution in [0.4, 0.5) is 0 Å². The van der Waals surface area contributed by atoms with Crippen molar-refractivity contribution in [1.82, 2.24) is 10.2 Å². The fourth-order valence-electron chi connectivity index (χ4n) is 2.62. The van der Waals surface area contributed by atoms with Crippen molar-refractivity contribution in [3.8, 4) is 0 Å². The maximum absolute atomic E-state index is 12.1. The van der Waals surface area contributed by atoms with Gasteiger partial charge in [-0.1, -0.05) is 6.92 Å². The average Bonchev–Trinajstić information content (AvgIpc) is 2.83. The Morgan fingerprint density at radius 3 is 2.83 bits per heavy atom. The molecule has 2 N–H and O–H groups in total. The molecule has 4 heteroatoms. The van der Waals surface area contributed by atoms with E-state index in [1.165, 1.54) is 0 Å². The Bertz CT molecular complexity index is 258. The third-order valence-corrected chi connectivity index (χ3v) is 4.00. The van der Waals surface area contributed by atoms with E-state index in [1.54, 1.807) is 0 Å². The SMILES string of the molecule is CCC(C)NC(=O)C(C)N1CCCC1CCCO. The number of nitrogens with zero attached hydrogens (tertiary/aromatic N) is 1. The van der Waals surface area contributed by atoms with E-state index in [0.717, 1.165) is 38.6 Å². The Labute approximate surface area is 111 Å². The van der Waals surface area contributed by atoms with E-state index < -0.39 is 0 Å². The molecule has 0 aliphatic carbocycles. The zero-order valence-corrected chi connectivity index (χ0v) is 12.0. The van der Waals surface area contributed by atoms with Gasteiger partial charge in [0.1, 0.15) is 0 Å². The lowest BCUT2D eigenvalue weighted by atomic mass is 10.1. The zero-order valence-electron chi connectivity index (χ0n) is 12.0. The molecule has 0 spiro atoms. The quantitative estimate of drug-likeness (QED) is 0.726. The van der Waals surface area contributed by atoms with Crippen LogP contribution in [0, 0.1) is 0 Å². The van der Waals surface area contributed by atoms with Crippen molar-refractivity contribution in [2.24, 2.45) is 0 Å². The van der Waals surface area contributed by atoms with Crippen molar-refractivity contribution in [3.05, 3.63) is 0 Å². The fraction of sp³-hybridized carbons (Fsp3) is 0.929. The molecule has 1 aliphatic heterocycles. The monoisotopic (exact) mass is 256 g/mol. The summed E-state index contributed by atoms with van der Waals surface area (Å²) >= 11 is 0. The molecule has 0 aromatic carbocycles. The molecule has 3 atom stereocenters. The topological polar surface area (TPSA) is 52.6 Å². The summed E-state index contributed by atoms with van der Waals surface area (Å²) in [6.45, 7) is 7.37. The molecule has 1 aliphatic rings. The van der Waals surface area contributed by atoms with Gasteiger partial charge in [0.05, 0.1) is 6.04 Å². The Morgan fingerprint density at radius 1 is 1.50 bits per heavy atom. The molecule has 0 bridgehead atoms. The van der Waals surface area contributed by atoms with Crippen LogP contribution in [-0.2, 0) is 4.79 Å². The largest absolute Gasteiger partial charge is 0.396 e. The van der Waals surface area contributed by atoms with Gasteiger partial charge in [0.2, 0.25) is 5.91 Å². The first-order chi connectivity index (χ1) is 8.60. The van der Waals surface area contributed by atoms with Crippen LogP contribution < -0.4 is 5.32 Å². The van der Waals surface area contributed by atoms with Crippen molar-refractivity contribution in [3.63, 3.8) is 0 Å². The summed E-state index contributed by atoms with van der Waals surface area (Å²) in [5.41, 5.74) is 0. The first-order valence-electron chi connectivity index (χ1n) is 7.27. The van der Waals surface area contributed by atoms with Gasteiger partial charge in [-0.05, 0) is 52.5 Å². The molecular weight excluding hydrogens is 228 g/mol. The number of likely N-dealkylation sites (tertiary alicyclic amines) is 1. The van der Waals surface area contributed by atoms with E-state index in [0.29, 0.717) is 6.04 Å². The van der Waals surface area contributed by atoms with Crippen LogP contribution in [0.15, 0.2) is 0 Å². The van der Waals surface area contributed by atoms with Gasteiger partial charge in [-0.15, -0.1) is 0 Å². The van der Waals surface area contributed by atoms with Crippen molar-refractivity contribution in [2.75, 3.05) is 13.2 Å². The normalized spacial score (nSPS) is 23.9. The van der Waals surface area contributed by atoms with E-state index in [-0.39, 0.29) is 24.6 Å². The highest BCUT2D eigenvalue weighted by Crippen LogP contribution is 2.23. The number of hydrogen-bond acceptors (Lipinski definition) is 3. The number of nitrogens with one attached hydrogen (secondary N) is 1. The summed E-state index contributed by atoms with van der Waals surface area (Å²) in [4.78, 5) is 14.4. The lowest BCUT2D eigenvalue weighted by molar-refractivity contribution is -0.126. The van der Waals surface area contributed by atoms with Crippen LogP contribution in [0.2, 0.25) is 0 Å². The van der Waals surface area contributed by atoms with Gasteiger partial charge < -0.3 is 10.4 Å². The molecule has 1 rings (SSSR count). The summed E-state index contributed by atoms with van der Waals surface area (Å²) in [5, 5.41) is 12.0. The zero-order chi connectivity index (χ0) is 13.5. The summed E-state index contributed by atoms with van der Waals surface area (Å²) in [6, 6.07) is 0.665. The van der Waals surface area contributed by atoms with Crippen LogP contribution in [0.25, 0.3) is 0 Å². The molecule has 4 nitrogen and oxygen atoms in total. The summed E-state index contributed by atoms with van der Waals surface area (Å²) < 4.78 is 0. The van der Waals surface area contributed by atoms with Gasteiger partial charge >= 0.3 is 0 Å². The highest BCUT2D eigenvalue weighted by molar-refractivity contribution is 5.81. The molecule has 0 aromatic heterocycles. The van der Waals surface area contributed by atoms with Crippen molar-refractivity contribution >= 4 is 5.91 Å². The third-order valence-electron chi connectivity index (χ3n) is 4.00. The van der Waals surface area contributed by atoms with Gasteiger partial charge in [-0.25, -0.2) is 0 Å². The number of carbonyl (C=O) groups is 1. The highest BCUT2D eigenvalue weighted by Gasteiger charge is 2.31. The van der Waals surface area contributed by atoms with E-state index in [4.69, 9.17) is 5.11 Å². The maximum atomic E-state index is 12.1. The summed E-state index contributed by atoms with van der Waals surface area (Å²) in [6.07, 6.45) is 5.11. The number of carbonyl (C=O) groups excluding carboxylic acids is 1. The maximum Gasteiger partial charge on any atom is 0.237 e. The smallest absolute Gasteiger partial charge is 0.237 e. The molecule has 1 heterocycles. The number of aliphatic hydroxyl groups is 1. The van der Waals surface area contributed by atoms with E-state index in [9.17, 15) is 4.79 Å². The average molecular weight is 256 g/mol. The lowest BCUT2D eigenvalue weighted by Crippen LogP contribution is -2.49. The molecule has 1 saturated heterocycles. The molecule has 1 fully saturated rings. The minimum absolute atomic E-state index is 0.0507.